The number of hydrogen-bond acceptors (Lipinski definition) is 5. The quantitative estimate of drug-likeness (QED) is 0.161. The summed E-state index contributed by atoms with van der Waals surface area (Å²) in [5.74, 6) is -0.276. The second-order valence-corrected chi connectivity index (χ2v) is 14.5. The molecule has 3 aromatic rings. The lowest BCUT2D eigenvalue weighted by atomic mass is 9.76. The van der Waals surface area contributed by atoms with E-state index in [1.807, 2.05) is 6.07 Å². The van der Waals surface area contributed by atoms with E-state index < -0.39 is 21.7 Å². The van der Waals surface area contributed by atoms with Crippen molar-refractivity contribution in [2.24, 2.45) is 4.40 Å². The van der Waals surface area contributed by atoms with Gasteiger partial charge in [-0.1, -0.05) is 89.5 Å². The minimum atomic E-state index is -4.14. The molecule has 0 spiro atoms. The third kappa shape index (κ3) is 7.74. The van der Waals surface area contributed by atoms with E-state index in [0.717, 1.165) is 24.2 Å². The standard InChI is InChI=1S/C36H41ClN2O5S/c1-7-35(3,4)24-14-19-32(30(22-24)36(5,6)8-2)44-21-11-20-38-34(41)29-23-31(27-12-9-10-13-28(27)33(29)40)39-45(42,43)26-17-15-25(37)16-18-26/h9-10,12-19,22-23H,7-8,11,20-21H2,1-6H3,(H,38,41)/b39-31+. The number of ether oxygens (including phenoxy) is 1. The van der Waals surface area contributed by atoms with Crippen LogP contribution in [0.3, 0.4) is 0 Å². The molecule has 0 heterocycles. The number of benzene rings is 3. The molecule has 4 rings (SSSR count). The number of sulfonamides is 1. The van der Waals surface area contributed by atoms with E-state index in [2.05, 4.69) is 63.4 Å². The highest BCUT2D eigenvalue weighted by molar-refractivity contribution is 7.90. The molecule has 0 aromatic heterocycles. The van der Waals surface area contributed by atoms with E-state index in [1.54, 1.807) is 24.3 Å². The van der Waals surface area contributed by atoms with Gasteiger partial charge < -0.3 is 10.1 Å². The highest BCUT2D eigenvalue weighted by atomic mass is 35.5. The summed E-state index contributed by atoms with van der Waals surface area (Å²) in [6.07, 6.45) is 3.72. The number of carbonyl (C=O) groups is 2. The topological polar surface area (TPSA) is 102 Å². The van der Waals surface area contributed by atoms with Crippen molar-refractivity contribution in [2.75, 3.05) is 13.2 Å². The lowest BCUT2D eigenvalue weighted by molar-refractivity contribution is -0.117. The molecule has 1 N–H and O–H groups in total. The smallest absolute Gasteiger partial charge is 0.282 e. The van der Waals surface area contributed by atoms with Crippen LogP contribution in [0.2, 0.25) is 5.02 Å². The Morgan fingerprint density at radius 3 is 2.20 bits per heavy atom. The number of nitrogens with one attached hydrogen (secondary N) is 1. The van der Waals surface area contributed by atoms with Gasteiger partial charge in [0.15, 0.2) is 5.78 Å². The first-order chi connectivity index (χ1) is 21.2. The van der Waals surface area contributed by atoms with E-state index in [0.29, 0.717) is 23.6 Å². The molecule has 3 aromatic carbocycles. The molecule has 0 bridgehead atoms. The number of hydrogen-bond donors (Lipinski definition) is 1. The van der Waals surface area contributed by atoms with Gasteiger partial charge in [-0.15, -0.1) is 0 Å². The van der Waals surface area contributed by atoms with Crippen LogP contribution in [0.4, 0.5) is 0 Å². The summed E-state index contributed by atoms with van der Waals surface area (Å²) < 4.78 is 36.4. The molecule has 1 aliphatic rings. The van der Waals surface area contributed by atoms with E-state index in [4.69, 9.17) is 16.3 Å². The molecule has 0 saturated carbocycles. The summed E-state index contributed by atoms with van der Waals surface area (Å²) in [4.78, 5) is 26.4. The van der Waals surface area contributed by atoms with Gasteiger partial charge in [-0.2, -0.15) is 12.8 Å². The van der Waals surface area contributed by atoms with Crippen LogP contribution in [0.15, 0.2) is 87.7 Å². The summed E-state index contributed by atoms with van der Waals surface area (Å²) in [6.45, 7) is 13.9. The molecule has 0 unspecified atom stereocenters. The molecule has 0 fully saturated rings. The van der Waals surface area contributed by atoms with Gasteiger partial charge in [0.2, 0.25) is 0 Å². The molecule has 1 aliphatic carbocycles. The molecule has 45 heavy (non-hydrogen) atoms. The van der Waals surface area contributed by atoms with Crippen molar-refractivity contribution in [3.8, 4) is 5.75 Å². The maximum absolute atomic E-state index is 13.3. The predicted molar refractivity (Wildman–Crippen MR) is 180 cm³/mol. The number of nitrogens with zero attached hydrogens (tertiary/aromatic N) is 1. The number of ketones is 1. The molecular formula is C36H41ClN2O5S. The number of carbonyl (C=O) groups excluding carboxylic acids is 2. The lowest BCUT2D eigenvalue weighted by Crippen LogP contribution is -2.33. The average molecular weight is 649 g/mol. The van der Waals surface area contributed by atoms with Crippen molar-refractivity contribution in [2.45, 2.75) is 76.5 Å². The largest absolute Gasteiger partial charge is 0.493 e. The van der Waals surface area contributed by atoms with Gasteiger partial charge in [0.05, 0.1) is 22.8 Å². The fourth-order valence-electron chi connectivity index (χ4n) is 4.91. The van der Waals surface area contributed by atoms with Crippen molar-refractivity contribution in [3.63, 3.8) is 0 Å². The molecule has 0 aliphatic heterocycles. The number of fused-ring (bicyclic) bond motifs is 1. The monoisotopic (exact) mass is 648 g/mol. The summed E-state index contributed by atoms with van der Waals surface area (Å²) in [7, 11) is -4.14. The van der Waals surface area contributed by atoms with E-state index >= 15 is 0 Å². The van der Waals surface area contributed by atoms with Gasteiger partial charge in [-0.05, 0) is 72.1 Å². The van der Waals surface area contributed by atoms with Crippen molar-refractivity contribution in [3.05, 3.63) is 106 Å². The Morgan fingerprint density at radius 1 is 0.911 bits per heavy atom. The normalized spacial score (nSPS) is 14.6. The van der Waals surface area contributed by atoms with Crippen molar-refractivity contribution >= 4 is 39.0 Å². The Morgan fingerprint density at radius 2 is 1.56 bits per heavy atom. The molecule has 1 amide bonds. The first kappa shape index (κ1) is 34.1. The molecule has 0 atom stereocenters. The fourth-order valence-corrected chi connectivity index (χ4v) is 6.04. The van der Waals surface area contributed by atoms with Crippen LogP contribution in [-0.2, 0) is 25.6 Å². The van der Waals surface area contributed by atoms with Crippen LogP contribution < -0.4 is 10.1 Å². The van der Waals surface area contributed by atoms with Crippen LogP contribution in [0.5, 0.6) is 5.75 Å². The Hall–Kier alpha value is -3.75. The summed E-state index contributed by atoms with van der Waals surface area (Å²) in [5.41, 5.74) is 2.78. The van der Waals surface area contributed by atoms with Crippen LogP contribution in [0, 0.1) is 0 Å². The van der Waals surface area contributed by atoms with Crippen molar-refractivity contribution in [1.29, 1.82) is 0 Å². The zero-order chi connectivity index (χ0) is 33.0. The molecule has 7 nitrogen and oxygen atoms in total. The molecular weight excluding hydrogens is 608 g/mol. The van der Waals surface area contributed by atoms with Gasteiger partial charge in [0, 0.05) is 28.3 Å². The van der Waals surface area contributed by atoms with Crippen LogP contribution in [-0.4, -0.2) is 39.0 Å². The number of halogens is 1. The molecule has 238 valence electrons. The van der Waals surface area contributed by atoms with Gasteiger partial charge in [-0.3, -0.25) is 9.59 Å². The Balaban J connectivity index is 1.48. The average Bonchev–Trinajstić information content (AvgIpc) is 3.02. The SMILES string of the molecule is CCC(C)(C)c1ccc(OCCCNC(=O)C2=C/C(=N\S(=O)(=O)c3ccc(Cl)cc3)c3ccccc3C2=O)c(C(C)(C)CC)c1. The van der Waals surface area contributed by atoms with Gasteiger partial charge in [0.25, 0.3) is 15.9 Å². The lowest BCUT2D eigenvalue weighted by Gasteiger charge is -2.30. The maximum atomic E-state index is 13.3. The second kappa shape index (κ2) is 13.7. The predicted octanol–water partition coefficient (Wildman–Crippen LogP) is 7.60. The van der Waals surface area contributed by atoms with E-state index in [1.165, 1.54) is 35.9 Å². The fraction of sp³-hybridized carbons (Fsp3) is 0.361. The number of allylic oxidation sites excluding steroid dienone is 1. The third-order valence-electron chi connectivity index (χ3n) is 8.67. The highest BCUT2D eigenvalue weighted by Crippen LogP contribution is 2.38. The maximum Gasteiger partial charge on any atom is 0.282 e. The summed E-state index contributed by atoms with van der Waals surface area (Å²) in [5, 5.41) is 3.17. The van der Waals surface area contributed by atoms with Crippen LogP contribution >= 0.6 is 11.6 Å². The Bertz CT molecular complexity index is 1760. The zero-order valence-electron chi connectivity index (χ0n) is 26.7. The molecule has 9 heteroatoms. The molecule has 0 radical (unpaired) electrons. The minimum absolute atomic E-state index is 0.00870. The number of Topliss-reactive ketones (excluding diaryl/α,β-unsaturated/α-hetero) is 1. The first-order valence-corrected chi connectivity index (χ1v) is 17.0. The zero-order valence-corrected chi connectivity index (χ0v) is 28.3. The van der Waals surface area contributed by atoms with Gasteiger partial charge in [-0.25, -0.2) is 0 Å². The molecule has 0 saturated heterocycles. The van der Waals surface area contributed by atoms with E-state index in [9.17, 15) is 18.0 Å². The van der Waals surface area contributed by atoms with Gasteiger partial charge >= 0.3 is 0 Å². The van der Waals surface area contributed by atoms with Crippen LogP contribution in [0.25, 0.3) is 0 Å². The highest BCUT2D eigenvalue weighted by Gasteiger charge is 2.30. The second-order valence-electron chi connectivity index (χ2n) is 12.5. The van der Waals surface area contributed by atoms with Crippen molar-refractivity contribution < 1.29 is 22.7 Å². The third-order valence-corrected chi connectivity index (χ3v) is 10.2. The first-order valence-electron chi connectivity index (χ1n) is 15.2. The van der Waals surface area contributed by atoms with Crippen LogP contribution in [0.1, 0.15) is 87.9 Å². The van der Waals surface area contributed by atoms with Gasteiger partial charge in [0.1, 0.15) is 5.75 Å². The van der Waals surface area contributed by atoms with Crippen molar-refractivity contribution in [1.82, 2.24) is 5.32 Å². The Kier molecular flexibility index (Phi) is 10.4. The number of rotatable bonds is 12. The summed E-state index contributed by atoms with van der Waals surface area (Å²) >= 11 is 5.91. The number of amides is 1. The minimum Gasteiger partial charge on any atom is -0.493 e. The summed E-state index contributed by atoms with van der Waals surface area (Å²) in [6, 6.07) is 18.6. The Labute approximate surface area is 271 Å². The van der Waals surface area contributed by atoms with E-state index in [-0.39, 0.29) is 39.1 Å².